The third-order valence-electron chi connectivity index (χ3n) is 6.92. The molecule has 3 rings (SSSR count). The SMILES string of the molecule is C=CCN(CC=C)C(=O)C(Cl)Cl.CCOCN(C(=O)CCl)c1c(C)cccc1CC.CCOc1cc(Oc2ccc(C(F)(F)F)cc2Cl)ccc1[N+](=O)[O-]. The highest BCUT2D eigenvalue weighted by Crippen LogP contribution is 2.38. The number of hydrogen-bond donors (Lipinski definition) is 0. The topological polar surface area (TPSA) is 111 Å². The lowest BCUT2D eigenvalue weighted by Gasteiger charge is -2.25. The molecule has 0 aliphatic carbocycles. The summed E-state index contributed by atoms with van der Waals surface area (Å²) in [6, 6.07) is 12.4. The van der Waals surface area contributed by atoms with Crippen LogP contribution >= 0.6 is 46.4 Å². The minimum absolute atomic E-state index is 0.0111. The first-order chi connectivity index (χ1) is 25.5. The molecule has 0 aliphatic heterocycles. The van der Waals surface area contributed by atoms with Crippen molar-refractivity contribution >= 4 is 69.6 Å². The summed E-state index contributed by atoms with van der Waals surface area (Å²) in [7, 11) is 0. The fourth-order valence-corrected chi connectivity index (χ4v) is 5.12. The van der Waals surface area contributed by atoms with E-state index in [1.54, 1.807) is 24.0 Å². The lowest BCUT2D eigenvalue weighted by atomic mass is 10.0. The zero-order valence-electron chi connectivity index (χ0n) is 30.1. The minimum atomic E-state index is -4.52. The predicted octanol–water partition coefficient (Wildman–Crippen LogP) is 10.6. The number of halogens is 7. The number of carbonyl (C=O) groups is 2. The Hall–Kier alpha value is -4.01. The second-order valence-electron chi connectivity index (χ2n) is 10.7. The van der Waals surface area contributed by atoms with E-state index in [4.69, 9.17) is 60.6 Å². The van der Waals surface area contributed by atoms with Gasteiger partial charge in [-0.1, -0.05) is 72.1 Å². The van der Waals surface area contributed by atoms with Crippen LogP contribution in [0.15, 0.2) is 79.9 Å². The number of anilines is 1. The van der Waals surface area contributed by atoms with Crippen LogP contribution in [0, 0.1) is 17.0 Å². The predicted molar refractivity (Wildman–Crippen MR) is 209 cm³/mol. The van der Waals surface area contributed by atoms with Crippen molar-refractivity contribution in [2.75, 3.05) is 43.8 Å². The summed E-state index contributed by atoms with van der Waals surface area (Å²) in [5, 5.41) is 10.7. The van der Waals surface area contributed by atoms with Gasteiger partial charge in [0.25, 0.3) is 5.91 Å². The molecule has 54 heavy (non-hydrogen) atoms. The van der Waals surface area contributed by atoms with Gasteiger partial charge >= 0.3 is 11.9 Å². The third kappa shape index (κ3) is 15.4. The molecule has 0 saturated carbocycles. The van der Waals surface area contributed by atoms with Crippen molar-refractivity contribution in [1.82, 2.24) is 4.90 Å². The molecule has 3 aromatic carbocycles. The zero-order valence-corrected chi connectivity index (χ0v) is 33.2. The molecule has 0 N–H and O–H groups in total. The molecular weight excluding hydrogens is 797 g/mol. The smallest absolute Gasteiger partial charge is 0.416 e. The summed E-state index contributed by atoms with van der Waals surface area (Å²) >= 11 is 22.3. The number of aryl methyl sites for hydroxylation is 2. The summed E-state index contributed by atoms with van der Waals surface area (Å²) < 4.78 is 53.8. The number of nitro benzene ring substituents is 1. The van der Waals surface area contributed by atoms with Gasteiger partial charge in [0.15, 0.2) is 4.84 Å². The van der Waals surface area contributed by atoms with Gasteiger partial charge in [0, 0.05) is 31.8 Å². The van der Waals surface area contributed by atoms with Gasteiger partial charge in [-0.2, -0.15) is 13.2 Å². The quantitative estimate of drug-likeness (QED) is 0.0464. The Bertz CT molecular complexity index is 1700. The molecule has 0 bridgehead atoms. The minimum Gasteiger partial charge on any atom is -0.487 e. The van der Waals surface area contributed by atoms with E-state index in [1.807, 2.05) is 32.0 Å². The Labute approximate surface area is 333 Å². The Morgan fingerprint density at radius 1 is 0.981 bits per heavy atom. The van der Waals surface area contributed by atoms with Gasteiger partial charge in [-0.15, -0.1) is 24.8 Å². The number of para-hydroxylation sites is 1. The maximum Gasteiger partial charge on any atom is 0.416 e. The molecular formula is C37H42Cl4F3N3O7. The number of rotatable bonds is 16. The number of amides is 2. The lowest BCUT2D eigenvalue weighted by molar-refractivity contribution is -0.385. The van der Waals surface area contributed by atoms with Crippen LogP contribution in [-0.2, 0) is 26.9 Å². The molecule has 0 unspecified atom stereocenters. The molecule has 0 spiro atoms. The van der Waals surface area contributed by atoms with Crippen LogP contribution in [0.4, 0.5) is 24.5 Å². The van der Waals surface area contributed by atoms with Gasteiger partial charge in [-0.05, 0) is 62.6 Å². The lowest BCUT2D eigenvalue weighted by Crippen LogP contribution is -2.35. The third-order valence-corrected chi connectivity index (χ3v) is 7.82. The summed E-state index contributed by atoms with van der Waals surface area (Å²) in [6.45, 7) is 16.5. The molecule has 2 amide bonds. The van der Waals surface area contributed by atoms with Crippen molar-refractivity contribution in [2.24, 2.45) is 0 Å². The number of ether oxygens (including phenoxy) is 3. The number of carbonyl (C=O) groups excluding carboxylic acids is 2. The molecule has 0 aromatic heterocycles. The Morgan fingerprint density at radius 3 is 2.11 bits per heavy atom. The van der Waals surface area contributed by atoms with E-state index in [1.165, 1.54) is 23.1 Å². The molecule has 0 heterocycles. The molecule has 0 saturated heterocycles. The van der Waals surface area contributed by atoms with Gasteiger partial charge in [-0.25, -0.2) is 0 Å². The van der Waals surface area contributed by atoms with Crippen LogP contribution in [-0.4, -0.2) is 65.4 Å². The van der Waals surface area contributed by atoms with Crippen molar-refractivity contribution in [2.45, 2.75) is 45.1 Å². The maximum absolute atomic E-state index is 12.6. The fraction of sp³-hybridized carbons (Fsp3) is 0.351. The van der Waals surface area contributed by atoms with Gasteiger partial charge in [0.05, 0.1) is 27.8 Å². The molecule has 0 radical (unpaired) electrons. The zero-order chi connectivity index (χ0) is 41.0. The van der Waals surface area contributed by atoms with E-state index in [9.17, 15) is 32.9 Å². The average molecular weight is 840 g/mol. The Kier molecular flexibility index (Phi) is 21.7. The summed E-state index contributed by atoms with van der Waals surface area (Å²) in [5.41, 5.74) is 1.97. The van der Waals surface area contributed by atoms with Crippen LogP contribution in [0.25, 0.3) is 0 Å². The summed E-state index contributed by atoms with van der Waals surface area (Å²) in [5.74, 6) is -0.369. The maximum atomic E-state index is 12.6. The van der Waals surface area contributed by atoms with E-state index in [0.29, 0.717) is 19.7 Å². The number of alkyl halides is 6. The first-order valence-electron chi connectivity index (χ1n) is 16.3. The largest absolute Gasteiger partial charge is 0.487 e. The van der Waals surface area contributed by atoms with E-state index >= 15 is 0 Å². The summed E-state index contributed by atoms with van der Waals surface area (Å²) in [6.07, 6.45) is -0.429. The highest BCUT2D eigenvalue weighted by atomic mass is 35.5. The molecule has 0 aliphatic rings. The highest BCUT2D eigenvalue weighted by molar-refractivity contribution is 6.53. The highest BCUT2D eigenvalue weighted by Gasteiger charge is 2.31. The molecule has 0 fully saturated rings. The van der Waals surface area contributed by atoms with Gasteiger partial charge in [-0.3, -0.25) is 24.6 Å². The van der Waals surface area contributed by atoms with E-state index < -0.39 is 21.5 Å². The molecule has 296 valence electrons. The van der Waals surface area contributed by atoms with Gasteiger partial charge < -0.3 is 19.1 Å². The number of benzene rings is 3. The fourth-order valence-electron chi connectivity index (χ4n) is 4.48. The van der Waals surface area contributed by atoms with Crippen LogP contribution in [0.5, 0.6) is 17.2 Å². The number of nitrogens with zero attached hydrogens (tertiary/aromatic N) is 3. The van der Waals surface area contributed by atoms with Crippen molar-refractivity contribution < 1.29 is 41.9 Å². The Morgan fingerprint density at radius 2 is 1.63 bits per heavy atom. The second-order valence-corrected chi connectivity index (χ2v) is 12.5. The van der Waals surface area contributed by atoms with E-state index in [-0.39, 0.29) is 59.0 Å². The molecule has 3 aromatic rings. The molecule has 0 atom stereocenters. The van der Waals surface area contributed by atoms with Gasteiger partial charge in [0.1, 0.15) is 24.1 Å². The van der Waals surface area contributed by atoms with Crippen LogP contribution < -0.4 is 14.4 Å². The van der Waals surface area contributed by atoms with Gasteiger partial charge in [0.2, 0.25) is 11.7 Å². The first-order valence-corrected chi connectivity index (χ1v) is 18.1. The number of hydrogen-bond acceptors (Lipinski definition) is 7. The Balaban J connectivity index is 0.000000431. The van der Waals surface area contributed by atoms with Crippen molar-refractivity contribution in [3.63, 3.8) is 0 Å². The van der Waals surface area contributed by atoms with Crippen molar-refractivity contribution in [3.8, 4) is 17.2 Å². The van der Waals surface area contributed by atoms with E-state index in [0.717, 1.165) is 41.4 Å². The second kappa shape index (κ2) is 24.4. The summed E-state index contributed by atoms with van der Waals surface area (Å²) in [4.78, 5) is 35.5. The van der Waals surface area contributed by atoms with E-state index in [2.05, 4.69) is 20.1 Å². The monoisotopic (exact) mass is 837 g/mol. The van der Waals surface area contributed by atoms with Crippen molar-refractivity contribution in [3.05, 3.63) is 112 Å². The normalized spacial score (nSPS) is 10.6. The number of nitro groups is 1. The van der Waals surface area contributed by atoms with Crippen LogP contribution in [0.1, 0.15) is 37.5 Å². The first kappa shape index (κ1) is 48.0. The standard InChI is InChI=1S/C15H11ClF3NO4.C14H20ClNO2.C8H11Cl2NO/c1-2-23-14-8-10(4-5-12(14)20(21)22)24-13-6-3-9(7-11(13)16)15(17,18)19;1-4-12-8-6-7-11(3)14(12)16(10-18-5-2)13(17)9-15;1-3-5-11(6-4-2)8(12)7(9)10/h3-8H,2H2,1H3;6-8H,4-5,9-10H2,1-3H3;3-4,7H,1-2,5-6H2. The van der Waals surface area contributed by atoms with Crippen LogP contribution in [0.3, 0.4) is 0 Å². The average Bonchev–Trinajstić information content (AvgIpc) is 3.12. The molecule has 10 nitrogen and oxygen atoms in total. The van der Waals surface area contributed by atoms with Crippen LogP contribution in [0.2, 0.25) is 5.02 Å². The van der Waals surface area contributed by atoms with Crippen molar-refractivity contribution in [1.29, 1.82) is 0 Å². The molecule has 17 heteroatoms.